The Hall–Kier alpha value is -0.795. The van der Waals surface area contributed by atoms with E-state index in [0.717, 1.165) is 11.1 Å². The highest BCUT2D eigenvalue weighted by molar-refractivity contribution is 6.59. The fourth-order valence-corrected chi connectivity index (χ4v) is 1.70. The highest BCUT2D eigenvalue weighted by atomic mass is 16.4. The third kappa shape index (κ3) is 2.83. The van der Waals surface area contributed by atoms with Crippen LogP contribution in [-0.4, -0.2) is 17.2 Å². The summed E-state index contributed by atoms with van der Waals surface area (Å²) in [5, 5.41) is 18.6. The molecule has 1 rings (SSSR count). The first-order chi connectivity index (χ1) is 6.93. The Bertz CT molecular complexity index is 332. The summed E-state index contributed by atoms with van der Waals surface area (Å²) in [4.78, 5) is 0. The van der Waals surface area contributed by atoms with Crippen molar-refractivity contribution < 1.29 is 10.0 Å². The molecule has 0 aliphatic heterocycles. The maximum atomic E-state index is 9.32. The lowest BCUT2D eigenvalue weighted by molar-refractivity contribution is 0.425. The Balaban J connectivity index is 3.21. The zero-order valence-electron chi connectivity index (χ0n) is 9.86. The van der Waals surface area contributed by atoms with Gasteiger partial charge in [0.05, 0.1) is 0 Å². The summed E-state index contributed by atoms with van der Waals surface area (Å²) >= 11 is 0. The molecule has 0 fully saturated rings. The Labute approximate surface area is 92.1 Å². The Kier molecular flexibility index (Phi) is 3.94. The Morgan fingerprint density at radius 3 is 2.00 bits per heavy atom. The minimum Gasteiger partial charge on any atom is -0.423 e. The maximum absolute atomic E-state index is 9.32. The van der Waals surface area contributed by atoms with Crippen LogP contribution in [0.3, 0.4) is 0 Å². The van der Waals surface area contributed by atoms with Gasteiger partial charge in [0.1, 0.15) is 0 Å². The van der Waals surface area contributed by atoms with Crippen molar-refractivity contribution in [3.63, 3.8) is 0 Å². The molecule has 0 heterocycles. The van der Waals surface area contributed by atoms with E-state index >= 15 is 0 Å². The largest absolute Gasteiger partial charge is 0.488 e. The first-order valence-corrected chi connectivity index (χ1v) is 5.43. The highest BCUT2D eigenvalue weighted by Crippen LogP contribution is 2.18. The van der Waals surface area contributed by atoms with Crippen LogP contribution in [0.15, 0.2) is 18.2 Å². The second-order valence-corrected chi connectivity index (χ2v) is 4.57. The summed E-state index contributed by atoms with van der Waals surface area (Å²) in [6.45, 7) is 8.29. The highest BCUT2D eigenvalue weighted by Gasteiger charge is 2.18. The van der Waals surface area contributed by atoms with Gasteiger partial charge in [0, 0.05) is 0 Å². The molecule has 0 unspecified atom stereocenters. The molecule has 0 aromatic heterocycles. The fourth-order valence-electron chi connectivity index (χ4n) is 1.70. The summed E-state index contributed by atoms with van der Waals surface area (Å²) in [6.07, 6.45) is 0. The smallest absolute Gasteiger partial charge is 0.423 e. The lowest BCUT2D eigenvalue weighted by atomic mass is 9.73. The van der Waals surface area contributed by atoms with Gasteiger partial charge in [-0.1, -0.05) is 45.9 Å². The van der Waals surface area contributed by atoms with Crippen molar-refractivity contribution in [2.24, 2.45) is 0 Å². The van der Waals surface area contributed by atoms with E-state index in [-0.39, 0.29) is 0 Å². The van der Waals surface area contributed by atoms with E-state index in [1.807, 2.05) is 12.1 Å². The molecule has 0 radical (unpaired) electrons. The molecule has 2 nitrogen and oxygen atoms in total. The molecule has 1 aromatic carbocycles. The molecule has 82 valence electrons. The Morgan fingerprint density at radius 2 is 1.60 bits per heavy atom. The number of benzene rings is 1. The van der Waals surface area contributed by atoms with Crippen molar-refractivity contribution in [3.05, 3.63) is 29.3 Å². The average Bonchev–Trinajstić information content (AvgIpc) is 2.16. The van der Waals surface area contributed by atoms with Gasteiger partial charge < -0.3 is 10.0 Å². The van der Waals surface area contributed by atoms with E-state index in [1.165, 1.54) is 0 Å². The first kappa shape index (κ1) is 12.3. The summed E-state index contributed by atoms with van der Waals surface area (Å²) in [5.74, 6) is 0.715. The average molecular weight is 206 g/mol. The topological polar surface area (TPSA) is 40.5 Å². The van der Waals surface area contributed by atoms with Crippen molar-refractivity contribution in [2.45, 2.75) is 39.5 Å². The SMILES string of the molecule is CC(C)c1ccc(C(C)C)c(B(O)O)c1. The third-order valence-electron chi connectivity index (χ3n) is 2.68. The van der Waals surface area contributed by atoms with Gasteiger partial charge in [0.2, 0.25) is 0 Å². The number of rotatable bonds is 3. The second kappa shape index (κ2) is 4.82. The lowest BCUT2D eigenvalue weighted by Gasteiger charge is -2.15. The van der Waals surface area contributed by atoms with Crippen molar-refractivity contribution in [3.8, 4) is 0 Å². The van der Waals surface area contributed by atoms with E-state index in [2.05, 4.69) is 33.8 Å². The van der Waals surface area contributed by atoms with E-state index in [4.69, 9.17) is 0 Å². The molecule has 0 aliphatic rings. The molecule has 0 spiro atoms. The fraction of sp³-hybridized carbons (Fsp3) is 0.500. The second-order valence-electron chi connectivity index (χ2n) is 4.57. The summed E-state index contributed by atoms with van der Waals surface area (Å²) in [5.41, 5.74) is 2.79. The molecular weight excluding hydrogens is 187 g/mol. The quantitative estimate of drug-likeness (QED) is 0.737. The van der Waals surface area contributed by atoms with Crippen LogP contribution < -0.4 is 5.46 Å². The summed E-state index contributed by atoms with van der Waals surface area (Å²) < 4.78 is 0. The van der Waals surface area contributed by atoms with E-state index in [0.29, 0.717) is 17.3 Å². The van der Waals surface area contributed by atoms with E-state index < -0.39 is 7.12 Å². The van der Waals surface area contributed by atoms with Crippen LogP contribution >= 0.6 is 0 Å². The molecule has 0 saturated heterocycles. The van der Waals surface area contributed by atoms with Crippen LogP contribution in [0.25, 0.3) is 0 Å². The monoisotopic (exact) mass is 206 g/mol. The van der Waals surface area contributed by atoms with Gasteiger partial charge in [-0.15, -0.1) is 0 Å². The molecule has 0 saturated carbocycles. The van der Waals surface area contributed by atoms with Gasteiger partial charge in [-0.2, -0.15) is 0 Å². The van der Waals surface area contributed by atoms with Crippen LogP contribution in [0, 0.1) is 0 Å². The van der Waals surface area contributed by atoms with Crippen LogP contribution in [0.1, 0.15) is 50.7 Å². The predicted molar refractivity (Wildman–Crippen MR) is 64.4 cm³/mol. The molecule has 0 amide bonds. The van der Waals surface area contributed by atoms with Crippen LogP contribution in [-0.2, 0) is 0 Å². The van der Waals surface area contributed by atoms with Crippen LogP contribution in [0.4, 0.5) is 0 Å². The lowest BCUT2D eigenvalue weighted by Crippen LogP contribution is -2.34. The predicted octanol–water partition coefficient (Wildman–Crippen LogP) is 1.61. The molecule has 3 heteroatoms. The van der Waals surface area contributed by atoms with Crippen molar-refractivity contribution in [2.75, 3.05) is 0 Å². The standard InChI is InChI=1S/C12H19BO2/c1-8(2)10-5-6-11(9(3)4)12(7-10)13(14)15/h5-9,14-15H,1-4H3. The van der Waals surface area contributed by atoms with Crippen LogP contribution in [0.2, 0.25) is 0 Å². The molecule has 2 N–H and O–H groups in total. The van der Waals surface area contributed by atoms with Gasteiger partial charge >= 0.3 is 7.12 Å². The van der Waals surface area contributed by atoms with Crippen LogP contribution in [0.5, 0.6) is 0 Å². The normalized spacial score (nSPS) is 11.2. The molecule has 0 bridgehead atoms. The van der Waals surface area contributed by atoms with E-state index in [9.17, 15) is 10.0 Å². The third-order valence-corrected chi connectivity index (χ3v) is 2.68. The van der Waals surface area contributed by atoms with E-state index in [1.54, 1.807) is 0 Å². The molecule has 15 heavy (non-hydrogen) atoms. The van der Waals surface area contributed by atoms with Gasteiger partial charge in [-0.3, -0.25) is 0 Å². The van der Waals surface area contributed by atoms with Gasteiger partial charge in [-0.05, 0) is 28.4 Å². The zero-order chi connectivity index (χ0) is 11.6. The Morgan fingerprint density at radius 1 is 1.00 bits per heavy atom. The molecular formula is C12H19BO2. The molecule has 0 atom stereocenters. The summed E-state index contributed by atoms with van der Waals surface area (Å²) in [7, 11) is -1.37. The first-order valence-electron chi connectivity index (χ1n) is 5.43. The number of hydrogen-bond acceptors (Lipinski definition) is 2. The minimum absolute atomic E-state index is 0.308. The number of hydrogen-bond donors (Lipinski definition) is 2. The molecule has 0 aliphatic carbocycles. The van der Waals surface area contributed by atoms with Crippen molar-refractivity contribution >= 4 is 12.6 Å². The van der Waals surface area contributed by atoms with Crippen molar-refractivity contribution in [1.82, 2.24) is 0 Å². The minimum atomic E-state index is -1.37. The van der Waals surface area contributed by atoms with Gasteiger partial charge in [0.15, 0.2) is 0 Å². The zero-order valence-corrected chi connectivity index (χ0v) is 9.86. The maximum Gasteiger partial charge on any atom is 0.488 e. The molecule has 1 aromatic rings. The van der Waals surface area contributed by atoms with Gasteiger partial charge in [-0.25, -0.2) is 0 Å². The summed E-state index contributed by atoms with van der Waals surface area (Å²) in [6, 6.07) is 5.95. The van der Waals surface area contributed by atoms with Gasteiger partial charge in [0.25, 0.3) is 0 Å². The van der Waals surface area contributed by atoms with Crippen molar-refractivity contribution in [1.29, 1.82) is 0 Å².